The van der Waals surface area contributed by atoms with Gasteiger partial charge in [-0.15, -0.1) is 0 Å². The Morgan fingerprint density at radius 3 is 2.35 bits per heavy atom. The summed E-state index contributed by atoms with van der Waals surface area (Å²) in [7, 11) is -2.04. The van der Waals surface area contributed by atoms with Gasteiger partial charge < -0.3 is 9.64 Å². The molecular formula is C19H22N2O4S. The number of ether oxygens (including phenoxy) is 1. The molecule has 6 nitrogen and oxygen atoms in total. The summed E-state index contributed by atoms with van der Waals surface area (Å²) >= 11 is 0. The second-order valence-corrected chi connectivity index (χ2v) is 7.94. The van der Waals surface area contributed by atoms with E-state index in [9.17, 15) is 13.2 Å². The van der Waals surface area contributed by atoms with Gasteiger partial charge in [0.05, 0.1) is 12.0 Å². The van der Waals surface area contributed by atoms with Gasteiger partial charge in [-0.05, 0) is 54.8 Å². The average molecular weight is 374 g/mol. The largest absolute Gasteiger partial charge is 0.497 e. The molecule has 0 aliphatic carbocycles. The molecule has 1 fully saturated rings. The zero-order valence-corrected chi connectivity index (χ0v) is 15.5. The third-order valence-electron chi connectivity index (χ3n) is 4.41. The topological polar surface area (TPSA) is 75.7 Å². The van der Waals surface area contributed by atoms with Crippen LogP contribution in [0.5, 0.6) is 5.75 Å². The lowest BCUT2D eigenvalue weighted by Crippen LogP contribution is -2.35. The quantitative estimate of drug-likeness (QED) is 0.843. The van der Waals surface area contributed by atoms with Crippen molar-refractivity contribution in [3.63, 3.8) is 0 Å². The molecule has 0 spiro atoms. The van der Waals surface area contributed by atoms with Crippen molar-refractivity contribution in [2.75, 3.05) is 18.6 Å². The number of benzene rings is 2. The van der Waals surface area contributed by atoms with Crippen LogP contribution in [0.25, 0.3) is 0 Å². The highest BCUT2D eigenvalue weighted by Gasteiger charge is 2.20. The molecule has 7 heteroatoms. The molecular weight excluding hydrogens is 352 g/mol. The number of methoxy groups -OCH3 is 1. The van der Waals surface area contributed by atoms with Gasteiger partial charge in [0.1, 0.15) is 5.75 Å². The second kappa shape index (κ2) is 7.88. The van der Waals surface area contributed by atoms with Crippen molar-refractivity contribution in [2.24, 2.45) is 0 Å². The standard InChI is InChI=1S/C19H22N2O4S/c1-25-17-9-5-15(6-10-17)14-20-26(23,24)18-11-7-16(8-12-18)21-13-3-2-4-19(21)22/h5-12,20H,2-4,13-14H2,1H3. The van der Waals surface area contributed by atoms with E-state index in [1.165, 1.54) is 12.1 Å². The molecule has 0 unspecified atom stereocenters. The van der Waals surface area contributed by atoms with Gasteiger partial charge in [-0.3, -0.25) is 4.79 Å². The first-order valence-electron chi connectivity index (χ1n) is 8.52. The van der Waals surface area contributed by atoms with Crippen molar-refractivity contribution in [1.29, 1.82) is 0 Å². The molecule has 26 heavy (non-hydrogen) atoms. The van der Waals surface area contributed by atoms with Gasteiger partial charge in [0.2, 0.25) is 15.9 Å². The van der Waals surface area contributed by atoms with Crippen LogP contribution in [0.15, 0.2) is 53.4 Å². The number of anilines is 1. The van der Waals surface area contributed by atoms with E-state index in [0.29, 0.717) is 13.0 Å². The van der Waals surface area contributed by atoms with E-state index >= 15 is 0 Å². The van der Waals surface area contributed by atoms with E-state index in [1.807, 2.05) is 12.1 Å². The predicted molar refractivity (Wildman–Crippen MR) is 99.7 cm³/mol. The van der Waals surface area contributed by atoms with Crippen LogP contribution in [-0.4, -0.2) is 28.0 Å². The average Bonchev–Trinajstić information content (AvgIpc) is 2.67. The van der Waals surface area contributed by atoms with Gasteiger partial charge in [0.15, 0.2) is 0 Å². The SMILES string of the molecule is COc1ccc(CNS(=O)(=O)c2ccc(N3CCCCC3=O)cc2)cc1. The summed E-state index contributed by atoms with van der Waals surface area (Å²) in [4.78, 5) is 13.9. The predicted octanol–water partition coefficient (Wildman–Crippen LogP) is 2.69. The Kier molecular flexibility index (Phi) is 5.58. The maximum Gasteiger partial charge on any atom is 0.240 e. The molecule has 1 amide bonds. The van der Waals surface area contributed by atoms with Crippen LogP contribution >= 0.6 is 0 Å². The van der Waals surface area contributed by atoms with Crippen LogP contribution in [0.4, 0.5) is 5.69 Å². The lowest BCUT2D eigenvalue weighted by Gasteiger charge is -2.26. The van der Waals surface area contributed by atoms with Crippen molar-refractivity contribution in [3.05, 3.63) is 54.1 Å². The molecule has 0 bridgehead atoms. The van der Waals surface area contributed by atoms with E-state index in [2.05, 4.69) is 4.72 Å². The molecule has 2 aromatic carbocycles. The number of nitrogens with zero attached hydrogens (tertiary/aromatic N) is 1. The number of hydrogen-bond acceptors (Lipinski definition) is 4. The smallest absolute Gasteiger partial charge is 0.240 e. The monoisotopic (exact) mass is 374 g/mol. The zero-order valence-electron chi connectivity index (χ0n) is 14.6. The van der Waals surface area contributed by atoms with Gasteiger partial charge >= 0.3 is 0 Å². The van der Waals surface area contributed by atoms with E-state index in [0.717, 1.165) is 29.8 Å². The van der Waals surface area contributed by atoms with E-state index in [1.54, 1.807) is 36.3 Å². The molecule has 1 heterocycles. The van der Waals surface area contributed by atoms with Gasteiger partial charge in [-0.1, -0.05) is 12.1 Å². The highest BCUT2D eigenvalue weighted by Crippen LogP contribution is 2.22. The number of hydrogen-bond donors (Lipinski definition) is 1. The van der Waals surface area contributed by atoms with Crippen LogP contribution in [0.1, 0.15) is 24.8 Å². The lowest BCUT2D eigenvalue weighted by atomic mass is 10.1. The number of rotatable bonds is 6. The Morgan fingerprint density at radius 2 is 1.73 bits per heavy atom. The molecule has 0 radical (unpaired) electrons. The Bertz CT molecular complexity index is 861. The highest BCUT2D eigenvalue weighted by molar-refractivity contribution is 7.89. The summed E-state index contributed by atoms with van der Waals surface area (Å²) in [5.74, 6) is 0.809. The fourth-order valence-corrected chi connectivity index (χ4v) is 3.91. The number of sulfonamides is 1. The molecule has 0 aromatic heterocycles. The minimum atomic E-state index is -3.62. The number of nitrogens with one attached hydrogen (secondary N) is 1. The summed E-state index contributed by atoms with van der Waals surface area (Å²) in [6.07, 6.45) is 2.43. The molecule has 1 aliphatic heterocycles. The fraction of sp³-hybridized carbons (Fsp3) is 0.316. The van der Waals surface area contributed by atoms with Gasteiger partial charge in [-0.2, -0.15) is 0 Å². The molecule has 0 saturated carbocycles. The van der Waals surface area contributed by atoms with Crippen molar-refractivity contribution >= 4 is 21.6 Å². The van der Waals surface area contributed by atoms with E-state index in [4.69, 9.17) is 4.74 Å². The van der Waals surface area contributed by atoms with Gasteiger partial charge in [0.25, 0.3) is 0 Å². The first-order valence-corrected chi connectivity index (χ1v) is 10.0. The maximum absolute atomic E-state index is 12.5. The number of carbonyl (C=O) groups is 1. The zero-order chi connectivity index (χ0) is 18.6. The summed E-state index contributed by atoms with van der Waals surface area (Å²) in [5.41, 5.74) is 1.58. The molecule has 138 valence electrons. The molecule has 1 saturated heterocycles. The van der Waals surface area contributed by atoms with Crippen LogP contribution in [0.3, 0.4) is 0 Å². The molecule has 3 rings (SSSR count). The van der Waals surface area contributed by atoms with E-state index in [-0.39, 0.29) is 17.3 Å². The summed E-state index contributed by atoms with van der Waals surface area (Å²) < 4.78 is 32.6. The summed E-state index contributed by atoms with van der Waals surface area (Å²) in [5, 5.41) is 0. The summed E-state index contributed by atoms with van der Waals surface area (Å²) in [6.45, 7) is 0.874. The highest BCUT2D eigenvalue weighted by atomic mass is 32.2. The normalized spacial score (nSPS) is 15.1. The van der Waals surface area contributed by atoms with Gasteiger partial charge in [0, 0.05) is 25.2 Å². The van der Waals surface area contributed by atoms with Crippen molar-refractivity contribution in [3.8, 4) is 5.75 Å². The summed E-state index contributed by atoms with van der Waals surface area (Å²) in [6, 6.07) is 13.6. The number of carbonyl (C=O) groups excluding carboxylic acids is 1. The minimum absolute atomic E-state index is 0.0875. The number of amides is 1. The third-order valence-corrected chi connectivity index (χ3v) is 5.82. The maximum atomic E-state index is 12.5. The first kappa shape index (κ1) is 18.4. The fourth-order valence-electron chi connectivity index (χ4n) is 2.89. The Hall–Kier alpha value is -2.38. The first-order chi connectivity index (χ1) is 12.5. The lowest BCUT2D eigenvalue weighted by molar-refractivity contribution is -0.119. The third kappa shape index (κ3) is 4.23. The molecule has 1 N–H and O–H groups in total. The Labute approximate surface area is 153 Å². The Morgan fingerprint density at radius 1 is 1.04 bits per heavy atom. The molecule has 0 atom stereocenters. The second-order valence-electron chi connectivity index (χ2n) is 6.17. The van der Waals surface area contributed by atoms with Crippen molar-refractivity contribution in [1.82, 2.24) is 4.72 Å². The van der Waals surface area contributed by atoms with Crippen LogP contribution in [-0.2, 0) is 21.4 Å². The van der Waals surface area contributed by atoms with Crippen LogP contribution < -0.4 is 14.4 Å². The van der Waals surface area contributed by atoms with Crippen molar-refractivity contribution in [2.45, 2.75) is 30.7 Å². The van der Waals surface area contributed by atoms with Gasteiger partial charge in [-0.25, -0.2) is 13.1 Å². The van der Waals surface area contributed by atoms with Crippen LogP contribution in [0, 0.1) is 0 Å². The molecule has 2 aromatic rings. The molecule has 1 aliphatic rings. The number of piperidine rings is 1. The van der Waals surface area contributed by atoms with Crippen molar-refractivity contribution < 1.29 is 17.9 Å². The minimum Gasteiger partial charge on any atom is -0.497 e. The Balaban J connectivity index is 1.67. The van der Waals surface area contributed by atoms with E-state index < -0.39 is 10.0 Å². The van der Waals surface area contributed by atoms with Crippen LogP contribution in [0.2, 0.25) is 0 Å².